The molecule has 2 amide bonds. The standard InChI is InChI=1S/C15H17N3O/c1-3-11(2)10-17-15(19)18-13-8-4-6-12-7-5-9-16-14(12)13/h4-10H,3H2,1-2H3,(H2,17,18,19)/b11-10+. The van der Waals surface area contributed by atoms with Gasteiger partial charge in [-0.25, -0.2) is 4.79 Å². The molecule has 0 saturated heterocycles. The van der Waals surface area contributed by atoms with Crippen molar-refractivity contribution in [1.29, 1.82) is 0 Å². The zero-order valence-electron chi connectivity index (χ0n) is 11.1. The largest absolute Gasteiger partial charge is 0.323 e. The van der Waals surface area contributed by atoms with Gasteiger partial charge in [-0.15, -0.1) is 0 Å². The summed E-state index contributed by atoms with van der Waals surface area (Å²) in [5.74, 6) is 0. The average molecular weight is 255 g/mol. The minimum atomic E-state index is -0.258. The Hall–Kier alpha value is -2.36. The third-order valence-electron chi connectivity index (χ3n) is 2.89. The second-order valence-corrected chi connectivity index (χ2v) is 4.32. The first-order valence-electron chi connectivity index (χ1n) is 6.27. The van der Waals surface area contributed by atoms with Gasteiger partial charge >= 0.3 is 6.03 Å². The van der Waals surface area contributed by atoms with E-state index in [1.165, 1.54) is 0 Å². The predicted molar refractivity (Wildman–Crippen MR) is 77.9 cm³/mol. The van der Waals surface area contributed by atoms with E-state index in [4.69, 9.17) is 0 Å². The van der Waals surface area contributed by atoms with Crippen molar-refractivity contribution >= 4 is 22.6 Å². The number of pyridine rings is 1. The van der Waals surface area contributed by atoms with Gasteiger partial charge in [-0.05, 0) is 25.5 Å². The maximum atomic E-state index is 11.8. The third-order valence-corrected chi connectivity index (χ3v) is 2.89. The van der Waals surface area contributed by atoms with E-state index in [9.17, 15) is 4.79 Å². The zero-order chi connectivity index (χ0) is 13.7. The molecule has 2 rings (SSSR count). The van der Waals surface area contributed by atoms with Crippen LogP contribution in [-0.4, -0.2) is 11.0 Å². The van der Waals surface area contributed by atoms with Gasteiger partial charge in [-0.1, -0.05) is 30.7 Å². The smallest absolute Gasteiger partial charge is 0.314 e. The van der Waals surface area contributed by atoms with Gasteiger partial charge in [0.25, 0.3) is 0 Å². The number of rotatable bonds is 3. The Balaban J connectivity index is 2.15. The molecule has 0 aliphatic heterocycles. The molecule has 19 heavy (non-hydrogen) atoms. The molecule has 4 nitrogen and oxygen atoms in total. The zero-order valence-corrected chi connectivity index (χ0v) is 11.1. The van der Waals surface area contributed by atoms with Gasteiger partial charge in [0.05, 0.1) is 11.2 Å². The molecule has 2 aromatic rings. The molecule has 98 valence electrons. The Morgan fingerprint density at radius 1 is 1.32 bits per heavy atom. The molecule has 0 radical (unpaired) electrons. The number of carbonyl (C=O) groups is 1. The van der Waals surface area contributed by atoms with Gasteiger partial charge < -0.3 is 10.6 Å². The number of hydrogen-bond acceptors (Lipinski definition) is 2. The van der Waals surface area contributed by atoms with Crippen molar-refractivity contribution in [2.45, 2.75) is 20.3 Å². The quantitative estimate of drug-likeness (QED) is 0.879. The van der Waals surface area contributed by atoms with Crippen LogP contribution in [-0.2, 0) is 0 Å². The van der Waals surface area contributed by atoms with Gasteiger partial charge in [-0.3, -0.25) is 4.98 Å². The number of urea groups is 1. The summed E-state index contributed by atoms with van der Waals surface area (Å²) in [6.07, 6.45) is 4.34. The van der Waals surface area contributed by atoms with Crippen LogP contribution in [0.3, 0.4) is 0 Å². The van der Waals surface area contributed by atoms with Gasteiger partial charge in [0.15, 0.2) is 0 Å². The summed E-state index contributed by atoms with van der Waals surface area (Å²) >= 11 is 0. The topological polar surface area (TPSA) is 54.0 Å². The van der Waals surface area contributed by atoms with E-state index in [2.05, 4.69) is 15.6 Å². The first kappa shape index (κ1) is 13.1. The van der Waals surface area contributed by atoms with Crippen LogP contribution in [0.5, 0.6) is 0 Å². The summed E-state index contributed by atoms with van der Waals surface area (Å²) in [4.78, 5) is 16.1. The lowest BCUT2D eigenvalue weighted by Crippen LogP contribution is -2.24. The second kappa shape index (κ2) is 6.00. The first-order chi connectivity index (χ1) is 9.20. The fourth-order valence-electron chi connectivity index (χ4n) is 1.65. The summed E-state index contributed by atoms with van der Waals surface area (Å²) in [5, 5.41) is 6.51. The first-order valence-corrected chi connectivity index (χ1v) is 6.27. The van der Waals surface area contributed by atoms with Crippen molar-refractivity contribution in [2.75, 3.05) is 5.32 Å². The molecule has 1 aromatic carbocycles. The molecule has 2 N–H and O–H groups in total. The molecule has 0 bridgehead atoms. The van der Waals surface area contributed by atoms with Crippen LogP contribution < -0.4 is 10.6 Å². The Morgan fingerprint density at radius 3 is 2.89 bits per heavy atom. The highest BCUT2D eigenvalue weighted by Crippen LogP contribution is 2.20. The summed E-state index contributed by atoms with van der Waals surface area (Å²) in [5.41, 5.74) is 2.61. The minimum Gasteiger partial charge on any atom is -0.314 e. The van der Waals surface area contributed by atoms with Crippen molar-refractivity contribution in [3.63, 3.8) is 0 Å². The summed E-state index contributed by atoms with van der Waals surface area (Å²) < 4.78 is 0. The average Bonchev–Trinajstić information content (AvgIpc) is 2.45. The Labute approximate surface area is 112 Å². The van der Waals surface area contributed by atoms with Gasteiger partial charge in [0, 0.05) is 17.8 Å². The minimum absolute atomic E-state index is 0.258. The van der Waals surface area contributed by atoms with Gasteiger partial charge in [-0.2, -0.15) is 0 Å². The number of benzene rings is 1. The molecular weight excluding hydrogens is 238 g/mol. The normalized spacial score (nSPS) is 11.4. The van der Waals surface area contributed by atoms with Crippen LogP contribution in [0.15, 0.2) is 48.3 Å². The lowest BCUT2D eigenvalue weighted by atomic mass is 10.2. The number of carbonyl (C=O) groups excluding carboxylic acids is 1. The van der Waals surface area contributed by atoms with Crippen LogP contribution in [0.25, 0.3) is 10.9 Å². The van der Waals surface area contributed by atoms with Crippen molar-refractivity contribution in [3.05, 3.63) is 48.3 Å². The highest BCUT2D eigenvalue weighted by Gasteiger charge is 2.04. The van der Waals surface area contributed by atoms with Crippen molar-refractivity contribution in [2.24, 2.45) is 0 Å². The SMILES string of the molecule is CC/C(C)=C/NC(=O)Nc1cccc2cccnc12. The predicted octanol–water partition coefficient (Wildman–Crippen LogP) is 3.67. The molecule has 1 aromatic heterocycles. The molecule has 0 atom stereocenters. The number of anilines is 1. The van der Waals surface area contributed by atoms with Crippen molar-refractivity contribution in [1.82, 2.24) is 10.3 Å². The van der Waals surface area contributed by atoms with Crippen LogP contribution in [0.2, 0.25) is 0 Å². The number of amides is 2. The molecular formula is C15H17N3O. The van der Waals surface area contributed by atoms with Crippen LogP contribution in [0.4, 0.5) is 10.5 Å². The highest BCUT2D eigenvalue weighted by molar-refractivity contribution is 5.99. The molecule has 0 spiro atoms. The van der Waals surface area contributed by atoms with Crippen LogP contribution in [0.1, 0.15) is 20.3 Å². The Kier molecular flexibility index (Phi) is 4.13. The van der Waals surface area contributed by atoms with E-state index >= 15 is 0 Å². The van der Waals surface area contributed by atoms with E-state index in [-0.39, 0.29) is 6.03 Å². The fourth-order valence-corrected chi connectivity index (χ4v) is 1.65. The molecule has 4 heteroatoms. The maximum Gasteiger partial charge on any atom is 0.323 e. The third kappa shape index (κ3) is 3.31. The molecule has 0 fully saturated rings. The highest BCUT2D eigenvalue weighted by atomic mass is 16.2. The van der Waals surface area contributed by atoms with Gasteiger partial charge in [0.2, 0.25) is 0 Å². The van der Waals surface area contributed by atoms with E-state index in [0.29, 0.717) is 5.69 Å². The number of hydrogen-bond donors (Lipinski definition) is 2. The van der Waals surface area contributed by atoms with E-state index in [0.717, 1.165) is 22.9 Å². The summed E-state index contributed by atoms with van der Waals surface area (Å²) in [6, 6.07) is 9.28. The van der Waals surface area contributed by atoms with Crippen molar-refractivity contribution < 1.29 is 4.79 Å². The van der Waals surface area contributed by atoms with E-state index in [1.54, 1.807) is 12.4 Å². The number of fused-ring (bicyclic) bond motifs is 1. The molecule has 0 aliphatic rings. The van der Waals surface area contributed by atoms with E-state index in [1.807, 2.05) is 44.2 Å². The Morgan fingerprint density at radius 2 is 2.11 bits per heavy atom. The maximum absolute atomic E-state index is 11.8. The van der Waals surface area contributed by atoms with Crippen LogP contribution in [0, 0.1) is 0 Å². The van der Waals surface area contributed by atoms with Crippen molar-refractivity contribution in [3.8, 4) is 0 Å². The second-order valence-electron chi connectivity index (χ2n) is 4.32. The van der Waals surface area contributed by atoms with Crippen LogP contribution >= 0.6 is 0 Å². The number of aromatic nitrogens is 1. The van der Waals surface area contributed by atoms with E-state index < -0.39 is 0 Å². The monoisotopic (exact) mass is 255 g/mol. The number of para-hydroxylation sites is 1. The fraction of sp³-hybridized carbons (Fsp3) is 0.200. The summed E-state index contributed by atoms with van der Waals surface area (Å²) in [7, 11) is 0. The number of allylic oxidation sites excluding steroid dienone is 1. The lowest BCUT2D eigenvalue weighted by molar-refractivity contribution is 0.255. The number of nitrogens with one attached hydrogen (secondary N) is 2. The Bertz CT molecular complexity index is 614. The molecule has 0 aliphatic carbocycles. The summed E-state index contributed by atoms with van der Waals surface area (Å²) in [6.45, 7) is 4.01. The van der Waals surface area contributed by atoms with Gasteiger partial charge in [0.1, 0.15) is 0 Å². The molecule has 0 unspecified atom stereocenters. The lowest BCUT2D eigenvalue weighted by Gasteiger charge is -2.07. The molecule has 1 heterocycles. The molecule has 0 saturated carbocycles. The number of nitrogens with zero attached hydrogens (tertiary/aromatic N) is 1.